The zero-order chi connectivity index (χ0) is 11.2. The second-order valence-corrected chi connectivity index (χ2v) is 3.74. The molecule has 0 unspecified atom stereocenters. The second kappa shape index (κ2) is 5.36. The molecular weight excluding hydrogens is 196 g/mol. The number of ether oxygens (including phenoxy) is 1. The monoisotopic (exact) mass is 212 g/mol. The van der Waals surface area contributed by atoms with Gasteiger partial charge in [0, 0.05) is 5.57 Å². The Labute approximate surface area is 96.8 Å². The average molecular weight is 212 g/mol. The van der Waals surface area contributed by atoms with E-state index in [1.165, 1.54) is 11.1 Å². The molecule has 1 aromatic rings. The lowest BCUT2D eigenvalue weighted by Crippen LogP contribution is -1.96. The summed E-state index contributed by atoms with van der Waals surface area (Å²) in [4.78, 5) is 0. The molecule has 82 valence electrons. The quantitative estimate of drug-likeness (QED) is 0.679. The van der Waals surface area contributed by atoms with E-state index in [0.29, 0.717) is 0 Å². The lowest BCUT2D eigenvalue weighted by atomic mass is 9.96. The van der Waals surface area contributed by atoms with E-state index in [-0.39, 0.29) is 0 Å². The summed E-state index contributed by atoms with van der Waals surface area (Å²) < 4.78 is 5.61. The molecule has 1 nitrogen and oxygen atoms in total. The Hall–Kier alpha value is -1.76. The van der Waals surface area contributed by atoms with Crippen LogP contribution < -0.4 is 0 Å². The molecule has 0 atom stereocenters. The van der Waals surface area contributed by atoms with Crippen molar-refractivity contribution in [3.8, 4) is 0 Å². The first-order valence-corrected chi connectivity index (χ1v) is 5.65. The lowest BCUT2D eigenvalue weighted by Gasteiger charge is -2.15. The summed E-state index contributed by atoms with van der Waals surface area (Å²) >= 11 is 0. The van der Waals surface area contributed by atoms with Crippen LogP contribution in [0.1, 0.15) is 25.3 Å². The van der Waals surface area contributed by atoms with Gasteiger partial charge in [0.15, 0.2) is 0 Å². The zero-order valence-electron chi connectivity index (χ0n) is 9.52. The molecule has 0 saturated carbocycles. The Morgan fingerprint density at radius 1 is 1.19 bits per heavy atom. The van der Waals surface area contributed by atoms with Crippen molar-refractivity contribution in [2.75, 3.05) is 0 Å². The molecule has 1 aliphatic rings. The molecule has 0 saturated heterocycles. The van der Waals surface area contributed by atoms with Gasteiger partial charge < -0.3 is 4.74 Å². The minimum absolute atomic E-state index is 0.968. The average Bonchev–Trinajstić information content (AvgIpc) is 2.38. The molecule has 0 fully saturated rings. The number of hydrogen-bond acceptors (Lipinski definition) is 1. The highest BCUT2D eigenvalue weighted by Crippen LogP contribution is 2.28. The summed E-state index contributed by atoms with van der Waals surface area (Å²) in [7, 11) is 0. The summed E-state index contributed by atoms with van der Waals surface area (Å²) in [6.45, 7) is 1.95. The maximum Gasteiger partial charge on any atom is 0.129 e. The van der Waals surface area contributed by atoms with Gasteiger partial charge in [-0.25, -0.2) is 0 Å². The van der Waals surface area contributed by atoms with E-state index in [1.54, 1.807) is 6.26 Å². The van der Waals surface area contributed by atoms with E-state index in [9.17, 15) is 0 Å². The fourth-order valence-electron chi connectivity index (χ4n) is 1.82. The maximum atomic E-state index is 5.61. The molecule has 1 heteroatoms. The van der Waals surface area contributed by atoms with Gasteiger partial charge in [-0.1, -0.05) is 42.5 Å². The van der Waals surface area contributed by atoms with Crippen molar-refractivity contribution in [1.82, 2.24) is 0 Å². The summed E-state index contributed by atoms with van der Waals surface area (Å²) in [6.07, 6.45) is 9.99. The fraction of sp³-hybridized carbons (Fsp3) is 0.200. The van der Waals surface area contributed by atoms with Crippen LogP contribution in [-0.2, 0) is 4.74 Å². The third-order valence-electron chi connectivity index (χ3n) is 2.58. The van der Waals surface area contributed by atoms with Gasteiger partial charge in [0.1, 0.15) is 5.76 Å². The van der Waals surface area contributed by atoms with Crippen LogP contribution in [0.2, 0.25) is 0 Å². The summed E-state index contributed by atoms with van der Waals surface area (Å²) in [6, 6.07) is 10.4. The van der Waals surface area contributed by atoms with Crippen LogP contribution in [-0.4, -0.2) is 0 Å². The molecule has 0 spiro atoms. The van der Waals surface area contributed by atoms with E-state index >= 15 is 0 Å². The SMILES string of the molecule is CC=COC1=C(c2ccccc2)CCC=C1. The van der Waals surface area contributed by atoms with Crippen molar-refractivity contribution in [2.24, 2.45) is 0 Å². The fourth-order valence-corrected chi connectivity index (χ4v) is 1.82. The lowest BCUT2D eigenvalue weighted by molar-refractivity contribution is 0.367. The van der Waals surface area contributed by atoms with E-state index in [1.807, 2.05) is 19.1 Å². The van der Waals surface area contributed by atoms with E-state index in [0.717, 1.165) is 18.6 Å². The number of hydrogen-bond donors (Lipinski definition) is 0. The molecule has 1 aliphatic carbocycles. The topological polar surface area (TPSA) is 9.23 Å². The molecule has 0 radical (unpaired) electrons. The molecule has 1 aromatic carbocycles. The van der Waals surface area contributed by atoms with Crippen molar-refractivity contribution in [1.29, 1.82) is 0 Å². The highest BCUT2D eigenvalue weighted by atomic mass is 16.5. The summed E-state index contributed by atoms with van der Waals surface area (Å²) in [5.41, 5.74) is 2.55. The summed E-state index contributed by atoms with van der Waals surface area (Å²) in [5, 5.41) is 0. The predicted molar refractivity (Wildman–Crippen MR) is 67.6 cm³/mol. The first-order valence-electron chi connectivity index (χ1n) is 5.65. The number of benzene rings is 1. The molecule has 0 N–H and O–H groups in total. The van der Waals surface area contributed by atoms with Crippen LogP contribution in [0.5, 0.6) is 0 Å². The number of rotatable bonds is 3. The van der Waals surface area contributed by atoms with Crippen LogP contribution in [0.3, 0.4) is 0 Å². The predicted octanol–water partition coefficient (Wildman–Crippen LogP) is 4.30. The third-order valence-corrected chi connectivity index (χ3v) is 2.58. The molecule has 16 heavy (non-hydrogen) atoms. The smallest absolute Gasteiger partial charge is 0.129 e. The Bertz CT molecular complexity index is 424. The largest absolute Gasteiger partial charge is 0.465 e. The van der Waals surface area contributed by atoms with Crippen LogP contribution in [0.4, 0.5) is 0 Å². The third kappa shape index (κ3) is 2.43. The van der Waals surface area contributed by atoms with Gasteiger partial charge in [-0.05, 0) is 31.4 Å². The van der Waals surface area contributed by atoms with Gasteiger partial charge in [-0.3, -0.25) is 0 Å². The Balaban J connectivity index is 2.34. The highest BCUT2D eigenvalue weighted by molar-refractivity contribution is 5.70. The van der Waals surface area contributed by atoms with E-state index < -0.39 is 0 Å². The van der Waals surface area contributed by atoms with E-state index in [2.05, 4.69) is 36.4 Å². The molecule has 0 aliphatic heterocycles. The normalized spacial score (nSPS) is 15.8. The Kier molecular flexibility index (Phi) is 3.60. The first kappa shape index (κ1) is 10.7. The molecule has 0 bridgehead atoms. The van der Waals surface area contributed by atoms with Crippen molar-refractivity contribution in [3.63, 3.8) is 0 Å². The van der Waals surface area contributed by atoms with Gasteiger partial charge >= 0.3 is 0 Å². The van der Waals surface area contributed by atoms with Gasteiger partial charge in [0.05, 0.1) is 6.26 Å². The van der Waals surface area contributed by atoms with Crippen molar-refractivity contribution in [2.45, 2.75) is 19.8 Å². The molecule has 0 aromatic heterocycles. The van der Waals surface area contributed by atoms with Gasteiger partial charge in [-0.15, -0.1) is 0 Å². The molecule has 0 amide bonds. The zero-order valence-corrected chi connectivity index (χ0v) is 9.52. The highest BCUT2D eigenvalue weighted by Gasteiger charge is 2.10. The van der Waals surface area contributed by atoms with Gasteiger partial charge in [0.25, 0.3) is 0 Å². The van der Waals surface area contributed by atoms with Gasteiger partial charge in [0.2, 0.25) is 0 Å². The van der Waals surface area contributed by atoms with Crippen LogP contribution in [0.25, 0.3) is 5.57 Å². The van der Waals surface area contributed by atoms with Crippen LogP contribution >= 0.6 is 0 Å². The Morgan fingerprint density at radius 3 is 2.75 bits per heavy atom. The maximum absolute atomic E-state index is 5.61. The molecular formula is C15H16O. The van der Waals surface area contributed by atoms with Crippen LogP contribution in [0.15, 0.2) is 60.6 Å². The molecule has 2 rings (SSSR count). The second-order valence-electron chi connectivity index (χ2n) is 3.74. The Morgan fingerprint density at radius 2 is 2.00 bits per heavy atom. The molecule has 0 heterocycles. The minimum Gasteiger partial charge on any atom is -0.465 e. The van der Waals surface area contributed by atoms with Gasteiger partial charge in [-0.2, -0.15) is 0 Å². The number of allylic oxidation sites excluding steroid dienone is 4. The summed E-state index contributed by atoms with van der Waals surface area (Å²) in [5.74, 6) is 0.968. The van der Waals surface area contributed by atoms with Crippen molar-refractivity contribution < 1.29 is 4.74 Å². The minimum atomic E-state index is 0.968. The standard InChI is InChI=1S/C15H16O/c1-2-12-16-15-11-7-6-10-14(15)13-8-4-3-5-9-13/h2-5,7-9,11-12H,6,10H2,1H3. The van der Waals surface area contributed by atoms with E-state index in [4.69, 9.17) is 4.74 Å². The van der Waals surface area contributed by atoms with Crippen molar-refractivity contribution >= 4 is 5.57 Å². The van der Waals surface area contributed by atoms with Crippen LogP contribution in [0, 0.1) is 0 Å². The van der Waals surface area contributed by atoms with Crippen molar-refractivity contribution in [3.05, 3.63) is 66.1 Å². The first-order chi connectivity index (χ1) is 7.92.